The van der Waals surface area contributed by atoms with Crippen molar-refractivity contribution in [3.8, 4) is 11.5 Å². The van der Waals surface area contributed by atoms with Gasteiger partial charge in [-0.2, -0.15) is 0 Å². The Kier molecular flexibility index (Phi) is 2.28. The van der Waals surface area contributed by atoms with Crippen LogP contribution in [-0.4, -0.2) is 24.7 Å². The smallest absolute Gasteiger partial charge is 0.161 e. The van der Waals surface area contributed by atoms with Crippen LogP contribution < -0.4 is 14.8 Å². The molecule has 4 nitrogen and oxygen atoms in total. The first kappa shape index (κ1) is 10.2. The highest BCUT2D eigenvalue weighted by atomic mass is 16.5. The van der Waals surface area contributed by atoms with E-state index in [1.165, 1.54) is 0 Å². The monoisotopic (exact) mass is 230 g/mol. The molecule has 88 valence electrons. The summed E-state index contributed by atoms with van der Waals surface area (Å²) in [6.45, 7) is 2.76. The highest BCUT2D eigenvalue weighted by molar-refractivity contribution is 5.95. The van der Waals surface area contributed by atoms with Crippen molar-refractivity contribution in [1.29, 1.82) is 0 Å². The predicted molar refractivity (Wildman–Crippen MR) is 66.9 cm³/mol. The maximum Gasteiger partial charge on any atom is 0.161 e. The van der Waals surface area contributed by atoms with Gasteiger partial charge in [0.15, 0.2) is 5.75 Å². The summed E-state index contributed by atoms with van der Waals surface area (Å²) < 4.78 is 10.9. The molecule has 1 aromatic heterocycles. The lowest BCUT2D eigenvalue weighted by Crippen LogP contribution is -2.28. The van der Waals surface area contributed by atoms with Crippen LogP contribution in [0.25, 0.3) is 10.9 Å². The molecule has 1 N–H and O–H groups in total. The van der Waals surface area contributed by atoms with Crippen molar-refractivity contribution < 1.29 is 9.47 Å². The van der Waals surface area contributed by atoms with Crippen molar-refractivity contribution in [3.05, 3.63) is 24.4 Å². The van der Waals surface area contributed by atoms with Crippen LogP contribution in [0, 0.1) is 0 Å². The number of hydrogen-bond donors (Lipinski definition) is 1. The van der Waals surface area contributed by atoms with Crippen LogP contribution in [0.2, 0.25) is 0 Å². The SMILES string of the molecule is COc1ccc2ncc3c(c2c1)NC(C)CO3. The molecule has 0 bridgehead atoms. The molecule has 1 aliphatic rings. The van der Waals surface area contributed by atoms with E-state index in [0.717, 1.165) is 28.1 Å². The maximum absolute atomic E-state index is 5.65. The van der Waals surface area contributed by atoms with Crippen LogP contribution in [-0.2, 0) is 0 Å². The number of nitrogens with one attached hydrogen (secondary N) is 1. The molecule has 3 rings (SSSR count). The van der Waals surface area contributed by atoms with Gasteiger partial charge >= 0.3 is 0 Å². The Balaban J connectivity index is 2.24. The van der Waals surface area contributed by atoms with Crippen molar-refractivity contribution in [2.75, 3.05) is 19.0 Å². The fourth-order valence-electron chi connectivity index (χ4n) is 2.04. The Morgan fingerprint density at radius 1 is 1.47 bits per heavy atom. The van der Waals surface area contributed by atoms with Gasteiger partial charge in [0.25, 0.3) is 0 Å². The summed E-state index contributed by atoms with van der Waals surface area (Å²) in [7, 11) is 1.66. The Morgan fingerprint density at radius 3 is 3.18 bits per heavy atom. The van der Waals surface area contributed by atoms with Crippen molar-refractivity contribution in [2.45, 2.75) is 13.0 Å². The summed E-state index contributed by atoms with van der Waals surface area (Å²) in [6.07, 6.45) is 1.77. The summed E-state index contributed by atoms with van der Waals surface area (Å²) in [6, 6.07) is 6.15. The van der Waals surface area contributed by atoms with Gasteiger partial charge in [-0.25, -0.2) is 0 Å². The normalized spacial score (nSPS) is 18.1. The maximum atomic E-state index is 5.65. The number of ether oxygens (including phenoxy) is 2. The first-order chi connectivity index (χ1) is 8.28. The molecule has 4 heteroatoms. The van der Waals surface area contributed by atoms with E-state index < -0.39 is 0 Å². The molecular weight excluding hydrogens is 216 g/mol. The van der Waals surface area contributed by atoms with Crippen LogP contribution in [0.5, 0.6) is 11.5 Å². The fraction of sp³-hybridized carbons (Fsp3) is 0.308. The molecular formula is C13H14N2O2. The number of hydrogen-bond acceptors (Lipinski definition) is 4. The molecule has 2 aromatic rings. The third-order valence-corrected chi connectivity index (χ3v) is 2.92. The highest BCUT2D eigenvalue weighted by Crippen LogP contribution is 2.36. The van der Waals surface area contributed by atoms with Gasteiger partial charge in [0.2, 0.25) is 0 Å². The van der Waals surface area contributed by atoms with Gasteiger partial charge < -0.3 is 14.8 Å². The van der Waals surface area contributed by atoms with Gasteiger partial charge in [0.1, 0.15) is 12.4 Å². The Hall–Kier alpha value is -1.97. The van der Waals surface area contributed by atoms with Gasteiger partial charge in [-0.1, -0.05) is 0 Å². The molecule has 0 fully saturated rings. The summed E-state index contributed by atoms with van der Waals surface area (Å²) in [5.41, 5.74) is 1.95. The largest absolute Gasteiger partial charge is 0.497 e. The first-order valence-corrected chi connectivity index (χ1v) is 5.64. The van der Waals surface area contributed by atoms with Crippen molar-refractivity contribution in [2.24, 2.45) is 0 Å². The van der Waals surface area contributed by atoms with Crippen LogP contribution in [0.3, 0.4) is 0 Å². The van der Waals surface area contributed by atoms with Crippen LogP contribution in [0.1, 0.15) is 6.92 Å². The van der Waals surface area contributed by atoms with E-state index in [4.69, 9.17) is 9.47 Å². The van der Waals surface area contributed by atoms with E-state index in [9.17, 15) is 0 Å². The molecule has 0 amide bonds. The Labute approximate surface area is 99.6 Å². The minimum absolute atomic E-state index is 0.305. The molecule has 0 radical (unpaired) electrons. The van der Waals surface area contributed by atoms with Crippen LogP contribution in [0.15, 0.2) is 24.4 Å². The molecule has 0 saturated heterocycles. The van der Waals surface area contributed by atoms with Gasteiger partial charge in [-0.15, -0.1) is 0 Å². The van der Waals surface area contributed by atoms with Gasteiger partial charge in [-0.3, -0.25) is 4.98 Å². The minimum Gasteiger partial charge on any atom is -0.497 e. The van der Waals surface area contributed by atoms with E-state index in [2.05, 4.69) is 17.2 Å². The lowest BCUT2D eigenvalue weighted by Gasteiger charge is -2.25. The molecule has 1 aliphatic heterocycles. The second kappa shape index (κ2) is 3.80. The zero-order valence-corrected chi connectivity index (χ0v) is 9.86. The molecule has 1 unspecified atom stereocenters. The molecule has 0 spiro atoms. The predicted octanol–water partition coefficient (Wildman–Crippen LogP) is 2.44. The van der Waals surface area contributed by atoms with Gasteiger partial charge in [-0.05, 0) is 25.1 Å². The molecule has 2 heterocycles. The lowest BCUT2D eigenvalue weighted by atomic mass is 10.1. The Bertz CT molecular complexity index is 563. The molecule has 1 atom stereocenters. The number of anilines is 1. The summed E-state index contributed by atoms with van der Waals surface area (Å²) in [4.78, 5) is 4.37. The summed E-state index contributed by atoms with van der Waals surface area (Å²) in [5, 5.41) is 4.47. The van der Waals surface area contributed by atoms with Crippen molar-refractivity contribution >= 4 is 16.6 Å². The number of fused-ring (bicyclic) bond motifs is 3. The third-order valence-electron chi connectivity index (χ3n) is 2.92. The molecule has 0 aliphatic carbocycles. The quantitative estimate of drug-likeness (QED) is 0.817. The minimum atomic E-state index is 0.305. The van der Waals surface area contributed by atoms with Crippen LogP contribution >= 0.6 is 0 Å². The summed E-state index contributed by atoms with van der Waals surface area (Å²) >= 11 is 0. The lowest BCUT2D eigenvalue weighted by molar-refractivity contribution is 0.291. The topological polar surface area (TPSA) is 43.4 Å². The first-order valence-electron chi connectivity index (χ1n) is 5.64. The molecule has 1 aromatic carbocycles. The second-order valence-electron chi connectivity index (χ2n) is 4.24. The van der Waals surface area contributed by atoms with E-state index >= 15 is 0 Å². The third kappa shape index (κ3) is 1.65. The molecule has 0 saturated carbocycles. The van der Waals surface area contributed by atoms with E-state index in [-0.39, 0.29) is 0 Å². The number of pyridine rings is 1. The molecule has 17 heavy (non-hydrogen) atoms. The van der Waals surface area contributed by atoms with E-state index in [0.29, 0.717) is 12.6 Å². The second-order valence-corrected chi connectivity index (χ2v) is 4.24. The number of rotatable bonds is 1. The Morgan fingerprint density at radius 2 is 2.35 bits per heavy atom. The van der Waals surface area contributed by atoms with E-state index in [1.54, 1.807) is 13.3 Å². The van der Waals surface area contributed by atoms with Gasteiger partial charge in [0.05, 0.1) is 30.6 Å². The average molecular weight is 230 g/mol. The zero-order valence-electron chi connectivity index (χ0n) is 9.86. The number of methoxy groups -OCH3 is 1. The van der Waals surface area contributed by atoms with Gasteiger partial charge in [0, 0.05) is 5.39 Å². The number of nitrogens with zero attached hydrogens (tertiary/aromatic N) is 1. The number of aromatic nitrogens is 1. The zero-order chi connectivity index (χ0) is 11.8. The summed E-state index contributed by atoms with van der Waals surface area (Å²) in [5.74, 6) is 1.64. The van der Waals surface area contributed by atoms with Crippen molar-refractivity contribution in [1.82, 2.24) is 4.98 Å². The average Bonchev–Trinajstić information content (AvgIpc) is 2.38. The number of benzene rings is 1. The van der Waals surface area contributed by atoms with Crippen LogP contribution in [0.4, 0.5) is 5.69 Å². The fourth-order valence-corrected chi connectivity index (χ4v) is 2.04. The van der Waals surface area contributed by atoms with Crippen molar-refractivity contribution in [3.63, 3.8) is 0 Å². The standard InChI is InChI=1S/C13H14N2O2/c1-8-7-17-12-6-14-11-4-3-9(16-2)5-10(11)13(12)15-8/h3-6,8,15H,7H2,1-2H3. The highest BCUT2D eigenvalue weighted by Gasteiger charge is 2.18. The van der Waals surface area contributed by atoms with E-state index in [1.807, 2.05) is 18.2 Å².